The lowest BCUT2D eigenvalue weighted by Crippen LogP contribution is -2.17. The van der Waals surface area contributed by atoms with Crippen molar-refractivity contribution in [3.05, 3.63) is 29.8 Å². The smallest absolute Gasteiger partial charge is 0.0945 e. The molecule has 0 aromatic carbocycles. The summed E-state index contributed by atoms with van der Waals surface area (Å²) in [4.78, 5) is 3.97. The number of hydrogen-bond donors (Lipinski definition) is 1. The highest BCUT2D eigenvalue weighted by Crippen LogP contribution is 1.96. The summed E-state index contributed by atoms with van der Waals surface area (Å²) in [5.74, 6) is 0. The third-order valence-electron chi connectivity index (χ3n) is 1.65. The van der Waals surface area contributed by atoms with E-state index in [2.05, 4.69) is 37.4 Å². The maximum absolute atomic E-state index is 3.97. The van der Waals surface area contributed by atoms with Crippen molar-refractivity contribution in [2.24, 2.45) is 0 Å². The third-order valence-corrected chi connectivity index (χ3v) is 1.93. The standard InChI is InChI=1S/C9H14BrN3/c1-9(10)7-11-3-2-5-13-6-4-12-8-13/h4,6,8,11H,1-3,5,7H2. The lowest BCUT2D eigenvalue weighted by atomic mass is 10.4. The summed E-state index contributed by atoms with van der Waals surface area (Å²) >= 11 is 3.29. The molecule has 0 atom stereocenters. The molecule has 3 nitrogen and oxygen atoms in total. The predicted octanol–water partition coefficient (Wildman–Crippen LogP) is 1.77. The van der Waals surface area contributed by atoms with Gasteiger partial charge in [-0.15, -0.1) is 0 Å². The van der Waals surface area contributed by atoms with E-state index in [9.17, 15) is 0 Å². The summed E-state index contributed by atoms with van der Waals surface area (Å²) < 4.78 is 3.07. The molecule has 0 radical (unpaired) electrons. The first-order valence-corrected chi connectivity index (χ1v) is 5.08. The van der Waals surface area contributed by atoms with Crippen LogP contribution in [0.3, 0.4) is 0 Å². The van der Waals surface area contributed by atoms with E-state index in [1.54, 1.807) is 6.20 Å². The average Bonchev–Trinajstić information content (AvgIpc) is 2.55. The number of nitrogens with zero attached hydrogens (tertiary/aromatic N) is 2. The Morgan fingerprint density at radius 3 is 3.08 bits per heavy atom. The third kappa shape index (κ3) is 4.85. The number of nitrogens with one attached hydrogen (secondary N) is 1. The van der Waals surface area contributed by atoms with Crippen LogP contribution in [0.25, 0.3) is 0 Å². The van der Waals surface area contributed by atoms with E-state index >= 15 is 0 Å². The number of hydrogen-bond acceptors (Lipinski definition) is 2. The normalized spacial score (nSPS) is 10.2. The Kier molecular flexibility index (Phi) is 4.78. The Hall–Kier alpha value is -0.610. The van der Waals surface area contributed by atoms with Gasteiger partial charge in [0.1, 0.15) is 0 Å². The Labute approximate surface area is 87.0 Å². The van der Waals surface area contributed by atoms with Gasteiger partial charge in [0.15, 0.2) is 0 Å². The van der Waals surface area contributed by atoms with Gasteiger partial charge in [-0.3, -0.25) is 0 Å². The predicted molar refractivity (Wildman–Crippen MR) is 57.8 cm³/mol. The van der Waals surface area contributed by atoms with E-state index in [1.165, 1.54) is 0 Å². The van der Waals surface area contributed by atoms with Crippen LogP contribution in [0.5, 0.6) is 0 Å². The molecule has 1 aromatic heterocycles. The zero-order valence-electron chi connectivity index (χ0n) is 7.54. The quantitative estimate of drug-likeness (QED) is 0.773. The van der Waals surface area contributed by atoms with E-state index < -0.39 is 0 Å². The molecule has 1 rings (SSSR count). The molecule has 0 saturated carbocycles. The highest BCUT2D eigenvalue weighted by molar-refractivity contribution is 9.11. The number of imidazole rings is 1. The molecule has 1 N–H and O–H groups in total. The van der Waals surface area contributed by atoms with Gasteiger partial charge in [0.2, 0.25) is 0 Å². The van der Waals surface area contributed by atoms with Gasteiger partial charge < -0.3 is 9.88 Å². The van der Waals surface area contributed by atoms with Crippen LogP contribution in [0.15, 0.2) is 29.8 Å². The minimum Gasteiger partial charge on any atom is -0.337 e. The van der Waals surface area contributed by atoms with Crippen LogP contribution >= 0.6 is 15.9 Å². The van der Waals surface area contributed by atoms with Gasteiger partial charge in [-0.2, -0.15) is 0 Å². The molecule has 0 aliphatic rings. The van der Waals surface area contributed by atoms with Crippen molar-refractivity contribution in [1.29, 1.82) is 0 Å². The summed E-state index contributed by atoms with van der Waals surface area (Å²) in [5, 5.41) is 3.27. The van der Waals surface area contributed by atoms with Gasteiger partial charge in [0, 0.05) is 30.0 Å². The van der Waals surface area contributed by atoms with E-state index in [-0.39, 0.29) is 0 Å². The highest BCUT2D eigenvalue weighted by Gasteiger charge is 1.90. The van der Waals surface area contributed by atoms with Crippen molar-refractivity contribution in [3.63, 3.8) is 0 Å². The average molecular weight is 244 g/mol. The lowest BCUT2D eigenvalue weighted by molar-refractivity contribution is 0.599. The van der Waals surface area contributed by atoms with Crippen LogP contribution in [0.2, 0.25) is 0 Å². The van der Waals surface area contributed by atoms with Crippen molar-refractivity contribution in [2.45, 2.75) is 13.0 Å². The van der Waals surface area contributed by atoms with Crippen LogP contribution < -0.4 is 5.32 Å². The lowest BCUT2D eigenvalue weighted by Gasteiger charge is -2.03. The molecule has 1 heterocycles. The first kappa shape index (κ1) is 10.5. The van der Waals surface area contributed by atoms with Gasteiger partial charge in [-0.05, 0) is 13.0 Å². The van der Waals surface area contributed by atoms with Crippen LogP contribution in [0.4, 0.5) is 0 Å². The minimum atomic E-state index is 0.837. The monoisotopic (exact) mass is 243 g/mol. The van der Waals surface area contributed by atoms with E-state index in [4.69, 9.17) is 0 Å². The largest absolute Gasteiger partial charge is 0.337 e. The fourth-order valence-corrected chi connectivity index (χ4v) is 1.23. The molecule has 72 valence electrons. The summed E-state index contributed by atoms with van der Waals surface area (Å²) in [7, 11) is 0. The number of halogens is 1. The van der Waals surface area contributed by atoms with Crippen molar-refractivity contribution < 1.29 is 0 Å². The van der Waals surface area contributed by atoms with E-state index in [0.717, 1.165) is 30.5 Å². The van der Waals surface area contributed by atoms with Gasteiger partial charge in [0.25, 0.3) is 0 Å². The van der Waals surface area contributed by atoms with Crippen LogP contribution in [-0.4, -0.2) is 22.6 Å². The van der Waals surface area contributed by atoms with Crippen LogP contribution in [0, 0.1) is 0 Å². The van der Waals surface area contributed by atoms with Gasteiger partial charge in [0.05, 0.1) is 6.33 Å². The maximum Gasteiger partial charge on any atom is 0.0945 e. The zero-order valence-corrected chi connectivity index (χ0v) is 9.13. The second-order valence-corrected chi connectivity index (χ2v) is 3.97. The van der Waals surface area contributed by atoms with Crippen molar-refractivity contribution in [1.82, 2.24) is 14.9 Å². The molecule has 0 unspecified atom stereocenters. The maximum atomic E-state index is 3.97. The molecule has 0 spiro atoms. The summed E-state index contributed by atoms with van der Waals surface area (Å²) in [6.45, 7) is 6.60. The summed E-state index contributed by atoms with van der Waals surface area (Å²) in [5.41, 5.74) is 0. The molecule has 1 aromatic rings. The molecular weight excluding hydrogens is 230 g/mol. The summed E-state index contributed by atoms with van der Waals surface area (Å²) in [6.07, 6.45) is 6.72. The van der Waals surface area contributed by atoms with Crippen LogP contribution in [0.1, 0.15) is 6.42 Å². The molecule has 0 aliphatic heterocycles. The topological polar surface area (TPSA) is 29.9 Å². The van der Waals surface area contributed by atoms with Crippen molar-refractivity contribution >= 4 is 15.9 Å². The molecule has 0 fully saturated rings. The minimum absolute atomic E-state index is 0.837. The molecule has 13 heavy (non-hydrogen) atoms. The Balaban J connectivity index is 1.99. The van der Waals surface area contributed by atoms with Gasteiger partial charge in [-0.1, -0.05) is 22.5 Å². The fraction of sp³-hybridized carbons (Fsp3) is 0.444. The van der Waals surface area contributed by atoms with Gasteiger partial charge >= 0.3 is 0 Å². The fourth-order valence-electron chi connectivity index (χ4n) is 1.03. The van der Waals surface area contributed by atoms with Crippen molar-refractivity contribution in [2.75, 3.05) is 13.1 Å². The zero-order chi connectivity index (χ0) is 9.52. The highest BCUT2D eigenvalue weighted by atomic mass is 79.9. The Bertz CT molecular complexity index is 243. The Morgan fingerprint density at radius 2 is 2.46 bits per heavy atom. The molecule has 4 heteroatoms. The second kappa shape index (κ2) is 5.94. The molecule has 0 amide bonds. The Morgan fingerprint density at radius 1 is 1.62 bits per heavy atom. The SMILES string of the molecule is C=C(Br)CNCCCn1ccnc1. The molecule has 0 saturated heterocycles. The van der Waals surface area contributed by atoms with Crippen LogP contribution in [-0.2, 0) is 6.54 Å². The molecule has 0 aliphatic carbocycles. The van der Waals surface area contributed by atoms with E-state index in [0.29, 0.717) is 0 Å². The molecular formula is C9H14BrN3. The summed E-state index contributed by atoms with van der Waals surface area (Å²) in [6, 6.07) is 0. The second-order valence-electron chi connectivity index (χ2n) is 2.85. The van der Waals surface area contributed by atoms with E-state index in [1.807, 2.05) is 12.5 Å². The first-order valence-electron chi connectivity index (χ1n) is 4.29. The number of aryl methyl sites for hydroxylation is 1. The van der Waals surface area contributed by atoms with Crippen molar-refractivity contribution in [3.8, 4) is 0 Å². The van der Waals surface area contributed by atoms with Gasteiger partial charge in [-0.25, -0.2) is 4.98 Å². The number of rotatable bonds is 6. The number of aromatic nitrogens is 2. The molecule has 0 bridgehead atoms. The first-order chi connectivity index (χ1) is 6.29.